The summed E-state index contributed by atoms with van der Waals surface area (Å²) in [6.07, 6.45) is 3.11. The Hall–Kier alpha value is -2.94. The van der Waals surface area contributed by atoms with Gasteiger partial charge in [0.05, 0.1) is 11.2 Å². The smallest absolute Gasteiger partial charge is 0.301 e. The molecule has 2 N–H and O–H groups in total. The van der Waals surface area contributed by atoms with Gasteiger partial charge in [0.2, 0.25) is 10.0 Å². The molecule has 0 spiro atoms. The Labute approximate surface area is 169 Å². The van der Waals surface area contributed by atoms with Crippen molar-refractivity contribution in [2.24, 2.45) is 5.92 Å². The summed E-state index contributed by atoms with van der Waals surface area (Å²) in [7, 11) is -3.67. The average molecular weight is 411 g/mol. The normalized spacial score (nSPS) is 20.0. The van der Waals surface area contributed by atoms with E-state index in [0.29, 0.717) is 0 Å². The number of hydrazine groups is 1. The molecule has 0 unspecified atom stereocenters. The van der Waals surface area contributed by atoms with Crippen LogP contribution in [-0.2, 0) is 10.0 Å². The van der Waals surface area contributed by atoms with Gasteiger partial charge in [0.15, 0.2) is 5.76 Å². The lowest BCUT2D eigenvalue weighted by Crippen LogP contribution is -2.47. The third-order valence-corrected chi connectivity index (χ3v) is 6.94. The van der Waals surface area contributed by atoms with E-state index in [1.165, 1.54) is 10.6 Å². The monoisotopic (exact) mass is 411 g/mol. The first-order chi connectivity index (χ1) is 14.0. The van der Waals surface area contributed by atoms with Crippen molar-refractivity contribution in [3.05, 3.63) is 79.3 Å². The molecule has 0 bridgehead atoms. The van der Waals surface area contributed by atoms with Gasteiger partial charge in [-0.1, -0.05) is 36.4 Å². The van der Waals surface area contributed by atoms with Crippen LogP contribution in [0.15, 0.2) is 82.8 Å². The van der Waals surface area contributed by atoms with Gasteiger partial charge in [0.1, 0.15) is 0 Å². The molecule has 1 saturated heterocycles. The second-order valence-corrected chi connectivity index (χ2v) is 8.85. The van der Waals surface area contributed by atoms with Crippen molar-refractivity contribution in [2.75, 3.05) is 13.1 Å². The molecule has 1 aliphatic heterocycles. The Morgan fingerprint density at radius 1 is 1.10 bits per heavy atom. The number of rotatable bonds is 6. The average Bonchev–Trinajstić information content (AvgIpc) is 3.41. The minimum absolute atomic E-state index is 0.151. The number of hydrogen-bond donors (Lipinski definition) is 2. The van der Waals surface area contributed by atoms with E-state index in [-0.39, 0.29) is 35.7 Å². The maximum absolute atomic E-state index is 13.2. The number of carbonyl (C=O) groups is 1. The molecule has 0 aliphatic carbocycles. The van der Waals surface area contributed by atoms with Crippen LogP contribution in [0.25, 0.3) is 10.8 Å². The third kappa shape index (κ3) is 3.82. The largest absolute Gasteiger partial charge is 0.459 e. The Balaban J connectivity index is 1.50. The summed E-state index contributed by atoms with van der Waals surface area (Å²) in [5, 5.41) is 1.85. The Bertz CT molecular complexity index is 1140. The molecule has 7 nitrogen and oxygen atoms in total. The highest BCUT2D eigenvalue weighted by molar-refractivity contribution is 7.89. The summed E-state index contributed by atoms with van der Waals surface area (Å²) in [4.78, 5) is 12.3. The van der Waals surface area contributed by atoms with Crippen LogP contribution >= 0.6 is 0 Å². The molecule has 1 amide bonds. The van der Waals surface area contributed by atoms with E-state index in [9.17, 15) is 13.2 Å². The minimum atomic E-state index is -3.67. The van der Waals surface area contributed by atoms with Crippen molar-refractivity contribution in [1.82, 2.24) is 15.2 Å². The lowest BCUT2D eigenvalue weighted by Gasteiger charge is -2.18. The van der Waals surface area contributed by atoms with Gasteiger partial charge in [-0.25, -0.2) is 13.8 Å². The molecule has 2 heterocycles. The standard InChI is InChI=1S/C21H21N3O4S/c1-2-15-13-24(14-19(15)22-23-21(25)20-8-5-11-28-20)29(26,27)18-10-9-16-6-3-4-7-17(16)12-18/h2-12,15,19,22H,1,13-14H2,(H,23,25)/t15-,19+/m1/s1. The molecule has 3 aromatic rings. The topological polar surface area (TPSA) is 91.7 Å². The quantitative estimate of drug-likeness (QED) is 0.480. The highest BCUT2D eigenvalue weighted by Gasteiger charge is 2.38. The maximum atomic E-state index is 13.2. The molecule has 150 valence electrons. The fourth-order valence-electron chi connectivity index (χ4n) is 3.48. The Kier molecular flexibility index (Phi) is 5.23. The first-order valence-corrected chi connectivity index (χ1v) is 10.6. The van der Waals surface area contributed by atoms with Crippen LogP contribution < -0.4 is 10.9 Å². The Morgan fingerprint density at radius 3 is 2.62 bits per heavy atom. The number of benzene rings is 2. The minimum Gasteiger partial charge on any atom is -0.459 e. The lowest BCUT2D eigenvalue weighted by molar-refractivity contribution is 0.0895. The van der Waals surface area contributed by atoms with Crippen molar-refractivity contribution >= 4 is 26.7 Å². The maximum Gasteiger partial charge on any atom is 0.301 e. The predicted molar refractivity (Wildman–Crippen MR) is 109 cm³/mol. The van der Waals surface area contributed by atoms with E-state index in [2.05, 4.69) is 17.4 Å². The number of furan rings is 1. The molecule has 0 radical (unpaired) electrons. The molecule has 2 aromatic carbocycles. The zero-order valence-electron chi connectivity index (χ0n) is 15.6. The van der Waals surface area contributed by atoms with Crippen LogP contribution in [0.2, 0.25) is 0 Å². The van der Waals surface area contributed by atoms with E-state index in [1.807, 2.05) is 30.3 Å². The van der Waals surface area contributed by atoms with Crippen molar-refractivity contribution < 1.29 is 17.6 Å². The molecule has 1 aliphatic rings. The number of sulfonamides is 1. The van der Waals surface area contributed by atoms with Gasteiger partial charge in [-0.2, -0.15) is 4.31 Å². The van der Waals surface area contributed by atoms with Gasteiger partial charge in [-0.05, 0) is 35.0 Å². The van der Waals surface area contributed by atoms with Crippen molar-refractivity contribution in [2.45, 2.75) is 10.9 Å². The van der Waals surface area contributed by atoms with E-state index in [4.69, 9.17) is 4.42 Å². The number of hydrogen-bond acceptors (Lipinski definition) is 5. The molecule has 1 aromatic heterocycles. The molecule has 1 fully saturated rings. The van der Waals surface area contributed by atoms with Gasteiger partial charge in [0.25, 0.3) is 0 Å². The summed E-state index contributed by atoms with van der Waals surface area (Å²) in [6.45, 7) is 4.30. The van der Waals surface area contributed by atoms with E-state index >= 15 is 0 Å². The van der Waals surface area contributed by atoms with Crippen LogP contribution in [0.3, 0.4) is 0 Å². The van der Waals surface area contributed by atoms with Crippen molar-refractivity contribution in [3.8, 4) is 0 Å². The first-order valence-electron chi connectivity index (χ1n) is 9.20. The summed E-state index contributed by atoms with van der Waals surface area (Å²) in [5.74, 6) is -0.401. The first kappa shape index (κ1) is 19.4. The van der Waals surface area contributed by atoms with Gasteiger partial charge >= 0.3 is 5.91 Å². The van der Waals surface area contributed by atoms with Gasteiger partial charge < -0.3 is 4.42 Å². The highest BCUT2D eigenvalue weighted by Crippen LogP contribution is 2.27. The van der Waals surface area contributed by atoms with Crippen LogP contribution in [0.4, 0.5) is 0 Å². The van der Waals surface area contributed by atoms with Crippen molar-refractivity contribution in [1.29, 1.82) is 0 Å². The molecular weight excluding hydrogens is 390 g/mol. The number of fused-ring (bicyclic) bond motifs is 1. The molecule has 8 heteroatoms. The summed E-state index contributed by atoms with van der Waals surface area (Å²) < 4.78 is 32.8. The zero-order valence-corrected chi connectivity index (χ0v) is 16.4. The van der Waals surface area contributed by atoms with E-state index in [1.54, 1.807) is 30.3 Å². The number of carbonyl (C=O) groups excluding carboxylic acids is 1. The summed E-state index contributed by atoms with van der Waals surface area (Å²) in [5.41, 5.74) is 5.49. The number of nitrogens with zero attached hydrogens (tertiary/aromatic N) is 1. The van der Waals surface area contributed by atoms with E-state index in [0.717, 1.165) is 10.8 Å². The molecule has 2 atom stereocenters. The number of amides is 1. The molecular formula is C21H21N3O4S. The predicted octanol–water partition coefficient (Wildman–Crippen LogP) is 2.54. The molecule has 4 rings (SSSR count). The van der Waals surface area contributed by atoms with Gasteiger partial charge in [-0.15, -0.1) is 6.58 Å². The second kappa shape index (κ2) is 7.82. The third-order valence-electron chi connectivity index (χ3n) is 5.11. The van der Waals surface area contributed by atoms with Crippen LogP contribution in [0.5, 0.6) is 0 Å². The van der Waals surface area contributed by atoms with Crippen molar-refractivity contribution in [3.63, 3.8) is 0 Å². The van der Waals surface area contributed by atoms with E-state index < -0.39 is 15.9 Å². The second-order valence-electron chi connectivity index (χ2n) is 6.91. The van der Waals surface area contributed by atoms with Crippen LogP contribution in [-0.4, -0.2) is 37.8 Å². The molecule has 0 saturated carbocycles. The molecule has 29 heavy (non-hydrogen) atoms. The SMILES string of the molecule is C=C[C@@H]1CN(S(=O)(=O)c2ccc3ccccc3c2)C[C@@H]1NNC(=O)c1ccco1. The van der Waals surface area contributed by atoms with Gasteiger partial charge in [-0.3, -0.25) is 10.2 Å². The number of nitrogens with one attached hydrogen (secondary N) is 2. The van der Waals surface area contributed by atoms with Crippen LogP contribution in [0.1, 0.15) is 10.6 Å². The summed E-state index contributed by atoms with van der Waals surface area (Å²) >= 11 is 0. The highest BCUT2D eigenvalue weighted by atomic mass is 32.2. The Morgan fingerprint density at radius 2 is 1.90 bits per heavy atom. The summed E-state index contributed by atoms with van der Waals surface area (Å²) in [6, 6.07) is 15.6. The zero-order chi connectivity index (χ0) is 20.4. The fraction of sp³-hybridized carbons (Fsp3) is 0.190. The van der Waals surface area contributed by atoms with Crippen LogP contribution in [0, 0.1) is 5.92 Å². The fourth-order valence-corrected chi connectivity index (χ4v) is 5.02. The van der Waals surface area contributed by atoms with Gasteiger partial charge in [0, 0.05) is 25.0 Å². The lowest BCUT2D eigenvalue weighted by atomic mass is 10.1.